The highest BCUT2D eigenvalue weighted by Gasteiger charge is 2.08. The molecule has 1 heterocycles. The molecular formula is C18H21N3O2S. The molecule has 126 valence electrons. The Morgan fingerprint density at radius 2 is 2.04 bits per heavy atom. The Morgan fingerprint density at radius 1 is 1.25 bits per heavy atom. The summed E-state index contributed by atoms with van der Waals surface area (Å²) in [6, 6.07) is 10.8. The molecule has 0 spiro atoms. The normalized spacial score (nSPS) is 10.0. The number of thiocarbonyl (C=S) groups is 1. The van der Waals surface area contributed by atoms with E-state index in [1.807, 2.05) is 12.1 Å². The zero-order valence-corrected chi connectivity index (χ0v) is 14.4. The van der Waals surface area contributed by atoms with Crippen LogP contribution in [0.4, 0.5) is 0 Å². The number of hydrogen-bond donors (Lipinski definition) is 2. The molecule has 1 aromatic carbocycles. The smallest absolute Gasteiger partial charge is 0.257 e. The third-order valence-corrected chi connectivity index (χ3v) is 3.53. The molecular weight excluding hydrogens is 322 g/mol. The second-order valence-corrected chi connectivity index (χ2v) is 5.63. The number of hydrogen-bond acceptors (Lipinski definition) is 4. The molecule has 2 rings (SSSR count). The Kier molecular flexibility index (Phi) is 7.17. The van der Waals surface area contributed by atoms with Crippen LogP contribution in [0.25, 0.3) is 0 Å². The van der Waals surface area contributed by atoms with Gasteiger partial charge in [-0.05, 0) is 54.5 Å². The van der Waals surface area contributed by atoms with Gasteiger partial charge in [-0.2, -0.15) is 0 Å². The highest BCUT2D eigenvalue weighted by molar-refractivity contribution is 7.80. The lowest BCUT2D eigenvalue weighted by Gasteiger charge is -2.10. The molecule has 6 heteroatoms. The topological polar surface area (TPSA) is 63.2 Å². The molecule has 0 aliphatic carbocycles. The van der Waals surface area contributed by atoms with Gasteiger partial charge in [0.1, 0.15) is 5.75 Å². The fraction of sp³-hybridized carbons (Fsp3) is 0.278. The lowest BCUT2D eigenvalue weighted by Crippen LogP contribution is -2.38. The summed E-state index contributed by atoms with van der Waals surface area (Å²) < 4.78 is 5.57. The van der Waals surface area contributed by atoms with E-state index in [0.717, 1.165) is 24.2 Å². The molecule has 0 saturated heterocycles. The Labute approximate surface area is 147 Å². The molecule has 5 nitrogen and oxygen atoms in total. The van der Waals surface area contributed by atoms with E-state index in [-0.39, 0.29) is 11.0 Å². The summed E-state index contributed by atoms with van der Waals surface area (Å²) in [6.45, 7) is 3.31. The quantitative estimate of drug-likeness (QED) is 0.597. The summed E-state index contributed by atoms with van der Waals surface area (Å²) in [5, 5.41) is 5.92. The monoisotopic (exact) mass is 343 g/mol. The van der Waals surface area contributed by atoms with Crippen molar-refractivity contribution in [3.05, 3.63) is 59.9 Å². The summed E-state index contributed by atoms with van der Waals surface area (Å²) in [7, 11) is 0. The van der Waals surface area contributed by atoms with Crippen molar-refractivity contribution in [1.82, 2.24) is 15.6 Å². The first-order valence-corrected chi connectivity index (χ1v) is 8.31. The van der Waals surface area contributed by atoms with Crippen molar-refractivity contribution in [3.8, 4) is 5.75 Å². The van der Waals surface area contributed by atoms with Gasteiger partial charge in [0.25, 0.3) is 5.91 Å². The Balaban J connectivity index is 1.79. The molecule has 24 heavy (non-hydrogen) atoms. The van der Waals surface area contributed by atoms with Crippen molar-refractivity contribution < 1.29 is 9.53 Å². The van der Waals surface area contributed by atoms with Gasteiger partial charge in [-0.3, -0.25) is 15.1 Å². The van der Waals surface area contributed by atoms with Crippen LogP contribution in [-0.4, -0.2) is 22.6 Å². The highest BCUT2D eigenvalue weighted by Crippen LogP contribution is 2.12. The van der Waals surface area contributed by atoms with Crippen molar-refractivity contribution in [3.63, 3.8) is 0 Å². The number of amides is 1. The van der Waals surface area contributed by atoms with Gasteiger partial charge in [0.05, 0.1) is 6.61 Å². The van der Waals surface area contributed by atoms with Gasteiger partial charge in [-0.15, -0.1) is 0 Å². The molecule has 0 saturated carbocycles. The van der Waals surface area contributed by atoms with Gasteiger partial charge in [0.15, 0.2) is 5.11 Å². The second kappa shape index (κ2) is 9.62. The minimum absolute atomic E-state index is 0.251. The van der Waals surface area contributed by atoms with Crippen molar-refractivity contribution in [2.75, 3.05) is 6.61 Å². The van der Waals surface area contributed by atoms with Crippen LogP contribution in [-0.2, 0) is 6.54 Å². The first kappa shape index (κ1) is 17.9. The zero-order valence-electron chi connectivity index (χ0n) is 13.6. The summed E-state index contributed by atoms with van der Waals surface area (Å²) in [5.41, 5.74) is 1.52. The first-order valence-electron chi connectivity index (χ1n) is 7.90. The molecule has 2 N–H and O–H groups in total. The summed E-state index contributed by atoms with van der Waals surface area (Å²) >= 11 is 5.14. The van der Waals surface area contributed by atoms with Crippen LogP contribution >= 0.6 is 12.2 Å². The Morgan fingerprint density at radius 3 is 2.71 bits per heavy atom. The largest absolute Gasteiger partial charge is 0.494 e. The number of pyridine rings is 1. The predicted molar refractivity (Wildman–Crippen MR) is 98.0 cm³/mol. The average Bonchev–Trinajstić information content (AvgIpc) is 2.61. The van der Waals surface area contributed by atoms with Crippen molar-refractivity contribution in [2.45, 2.75) is 26.3 Å². The number of nitrogens with zero attached hydrogens (tertiary/aromatic N) is 1. The molecule has 0 aliphatic heterocycles. The van der Waals surface area contributed by atoms with Crippen molar-refractivity contribution in [2.24, 2.45) is 0 Å². The maximum atomic E-state index is 12.1. The summed E-state index contributed by atoms with van der Waals surface area (Å²) in [5.74, 6) is 0.510. The van der Waals surface area contributed by atoms with E-state index < -0.39 is 0 Å². The number of carbonyl (C=O) groups excluding carboxylic acids is 1. The predicted octanol–water partition coefficient (Wildman–Crippen LogP) is 3.07. The van der Waals surface area contributed by atoms with Crippen LogP contribution in [0.1, 0.15) is 35.7 Å². The lowest BCUT2D eigenvalue weighted by atomic mass is 10.2. The van der Waals surface area contributed by atoms with Crippen LogP contribution in [0.3, 0.4) is 0 Å². The minimum atomic E-state index is -0.251. The number of ether oxygens (including phenoxy) is 1. The minimum Gasteiger partial charge on any atom is -0.494 e. The van der Waals surface area contributed by atoms with Crippen LogP contribution in [0.5, 0.6) is 5.75 Å². The lowest BCUT2D eigenvalue weighted by molar-refractivity contribution is 0.0976. The molecule has 1 amide bonds. The summed E-state index contributed by atoms with van der Waals surface area (Å²) in [6.07, 6.45) is 5.55. The number of aromatic nitrogens is 1. The van der Waals surface area contributed by atoms with E-state index in [4.69, 9.17) is 17.0 Å². The third kappa shape index (κ3) is 5.96. The Hall–Kier alpha value is -2.47. The second-order valence-electron chi connectivity index (χ2n) is 5.22. The molecule has 1 aromatic heterocycles. The van der Waals surface area contributed by atoms with E-state index in [1.165, 1.54) is 0 Å². The van der Waals surface area contributed by atoms with Gasteiger partial charge in [0.2, 0.25) is 0 Å². The SMILES string of the molecule is CCCCOc1ccc(C(=O)NC(=S)NCc2cccnc2)cc1. The number of carbonyl (C=O) groups is 1. The highest BCUT2D eigenvalue weighted by atomic mass is 32.1. The number of unbranched alkanes of at least 4 members (excludes halogenated alkanes) is 1. The fourth-order valence-corrected chi connectivity index (χ4v) is 2.11. The van der Waals surface area contributed by atoms with E-state index >= 15 is 0 Å². The van der Waals surface area contributed by atoms with Gasteiger partial charge in [0, 0.05) is 24.5 Å². The van der Waals surface area contributed by atoms with Crippen LogP contribution in [0.2, 0.25) is 0 Å². The van der Waals surface area contributed by atoms with Crippen LogP contribution in [0, 0.1) is 0 Å². The Bertz CT molecular complexity index is 660. The van der Waals surface area contributed by atoms with Crippen LogP contribution in [0.15, 0.2) is 48.8 Å². The third-order valence-electron chi connectivity index (χ3n) is 3.29. The molecule has 0 bridgehead atoms. The van der Waals surface area contributed by atoms with E-state index in [9.17, 15) is 4.79 Å². The van der Waals surface area contributed by atoms with E-state index in [1.54, 1.807) is 36.7 Å². The standard InChI is InChI=1S/C18H21N3O2S/c1-2-3-11-23-16-8-6-15(7-9-16)17(22)21-18(24)20-13-14-5-4-10-19-12-14/h4-10,12H,2-3,11,13H2,1H3,(H2,20,21,22,24). The maximum Gasteiger partial charge on any atom is 0.257 e. The molecule has 2 aromatic rings. The van der Waals surface area contributed by atoms with E-state index in [2.05, 4.69) is 22.5 Å². The van der Waals surface area contributed by atoms with Gasteiger partial charge in [-0.1, -0.05) is 19.4 Å². The van der Waals surface area contributed by atoms with E-state index in [0.29, 0.717) is 18.7 Å². The van der Waals surface area contributed by atoms with Crippen molar-refractivity contribution in [1.29, 1.82) is 0 Å². The zero-order chi connectivity index (χ0) is 17.2. The van der Waals surface area contributed by atoms with Crippen LogP contribution < -0.4 is 15.4 Å². The molecule has 0 atom stereocenters. The summed E-state index contributed by atoms with van der Waals surface area (Å²) in [4.78, 5) is 16.2. The van der Waals surface area contributed by atoms with Gasteiger partial charge in [-0.25, -0.2) is 0 Å². The molecule has 0 aliphatic rings. The maximum absolute atomic E-state index is 12.1. The van der Waals surface area contributed by atoms with Gasteiger partial charge < -0.3 is 10.1 Å². The number of benzene rings is 1. The molecule has 0 unspecified atom stereocenters. The molecule has 0 radical (unpaired) electrons. The number of rotatable bonds is 7. The number of nitrogens with one attached hydrogen (secondary N) is 2. The average molecular weight is 343 g/mol. The van der Waals surface area contributed by atoms with Crippen molar-refractivity contribution >= 4 is 23.2 Å². The fourth-order valence-electron chi connectivity index (χ4n) is 1.94. The van der Waals surface area contributed by atoms with Gasteiger partial charge >= 0.3 is 0 Å². The molecule has 0 fully saturated rings. The first-order chi connectivity index (χ1) is 11.7.